The van der Waals surface area contributed by atoms with Crippen molar-refractivity contribution in [2.45, 2.75) is 6.04 Å². The summed E-state index contributed by atoms with van der Waals surface area (Å²) in [6, 6.07) is 8.56. The molecule has 1 unspecified atom stereocenters. The molecule has 0 spiro atoms. The highest BCUT2D eigenvalue weighted by atomic mass is 19.1. The number of halogens is 1. The number of nitrogen functional groups attached to an aromatic ring is 1. The van der Waals surface area contributed by atoms with Gasteiger partial charge in [-0.05, 0) is 30.3 Å². The standard InChI is InChI=1S/C24H25FN8O4/c1-35-9-10-37-18-12-16(36-2)11-17(20(18)25)21(30-15-5-3-14(4-6-15)22(26)27)23-31-24(34)33(32-23)19-13-28-7-8-29-19/h3-8,11-13,21,30H,9-10H2,1-2H3,(H3,26,27)(H,31,32,34). The topological polar surface area (TPSA) is 166 Å². The van der Waals surface area contributed by atoms with E-state index in [9.17, 15) is 4.79 Å². The third kappa shape index (κ3) is 5.73. The van der Waals surface area contributed by atoms with E-state index < -0.39 is 17.5 Å². The highest BCUT2D eigenvalue weighted by Gasteiger charge is 2.27. The van der Waals surface area contributed by atoms with Gasteiger partial charge in [0, 0.05) is 42.4 Å². The summed E-state index contributed by atoms with van der Waals surface area (Å²) in [5.74, 6) is -0.203. The number of hydrogen-bond donors (Lipinski definition) is 4. The maximum absolute atomic E-state index is 15.8. The van der Waals surface area contributed by atoms with Crippen molar-refractivity contribution in [2.24, 2.45) is 5.73 Å². The Morgan fingerprint density at radius 3 is 2.65 bits per heavy atom. The minimum atomic E-state index is -0.992. The lowest BCUT2D eigenvalue weighted by Gasteiger charge is -2.21. The van der Waals surface area contributed by atoms with Gasteiger partial charge in [0.05, 0.1) is 19.9 Å². The average molecular weight is 509 g/mol. The molecule has 2 aromatic carbocycles. The molecule has 0 aliphatic carbocycles. The molecule has 1 atom stereocenters. The van der Waals surface area contributed by atoms with E-state index in [-0.39, 0.29) is 42.0 Å². The maximum Gasteiger partial charge on any atom is 0.349 e. The zero-order valence-corrected chi connectivity index (χ0v) is 20.1. The lowest BCUT2D eigenvalue weighted by atomic mass is 10.0. The van der Waals surface area contributed by atoms with Crippen molar-refractivity contribution in [1.82, 2.24) is 24.7 Å². The van der Waals surface area contributed by atoms with Crippen molar-refractivity contribution < 1.29 is 18.6 Å². The van der Waals surface area contributed by atoms with E-state index >= 15 is 4.39 Å². The number of methoxy groups -OCH3 is 2. The van der Waals surface area contributed by atoms with Crippen molar-refractivity contribution >= 4 is 11.5 Å². The van der Waals surface area contributed by atoms with Crippen LogP contribution in [0.3, 0.4) is 0 Å². The molecule has 12 nitrogen and oxygen atoms in total. The van der Waals surface area contributed by atoms with Crippen LogP contribution >= 0.6 is 0 Å². The molecule has 0 aliphatic rings. The monoisotopic (exact) mass is 508 g/mol. The lowest BCUT2D eigenvalue weighted by molar-refractivity contribution is 0.143. The molecule has 0 amide bonds. The molecule has 4 rings (SSSR count). The molecule has 37 heavy (non-hydrogen) atoms. The smallest absolute Gasteiger partial charge is 0.349 e. The number of anilines is 1. The first-order valence-corrected chi connectivity index (χ1v) is 11.1. The van der Waals surface area contributed by atoms with Crippen LogP contribution in [0.25, 0.3) is 5.82 Å². The Labute approximate surface area is 210 Å². The van der Waals surface area contributed by atoms with Crippen LogP contribution in [0.1, 0.15) is 23.0 Å². The van der Waals surface area contributed by atoms with E-state index in [4.69, 9.17) is 25.4 Å². The Kier molecular flexibility index (Phi) is 7.74. The van der Waals surface area contributed by atoms with Gasteiger partial charge in [-0.15, -0.1) is 5.10 Å². The fourth-order valence-electron chi connectivity index (χ4n) is 3.49. The minimum Gasteiger partial charge on any atom is -0.497 e. The molecule has 0 saturated carbocycles. The number of aromatic nitrogens is 5. The first-order valence-electron chi connectivity index (χ1n) is 11.1. The molecule has 192 valence electrons. The quantitative estimate of drug-likeness (QED) is 0.135. The normalized spacial score (nSPS) is 11.6. The zero-order valence-electron chi connectivity index (χ0n) is 20.1. The summed E-state index contributed by atoms with van der Waals surface area (Å²) in [6.07, 6.45) is 4.27. The van der Waals surface area contributed by atoms with Gasteiger partial charge < -0.3 is 25.3 Å². The van der Waals surface area contributed by atoms with Crippen LogP contribution in [0.4, 0.5) is 10.1 Å². The van der Waals surface area contributed by atoms with Crippen molar-refractivity contribution in [3.8, 4) is 17.3 Å². The van der Waals surface area contributed by atoms with Crippen LogP contribution in [0.15, 0.2) is 59.8 Å². The lowest BCUT2D eigenvalue weighted by Crippen LogP contribution is -2.18. The van der Waals surface area contributed by atoms with Gasteiger partial charge in [0.15, 0.2) is 23.2 Å². The van der Waals surface area contributed by atoms with Gasteiger partial charge >= 0.3 is 5.69 Å². The fourth-order valence-corrected chi connectivity index (χ4v) is 3.49. The first-order chi connectivity index (χ1) is 17.9. The minimum absolute atomic E-state index is 0.0548. The number of H-pyrrole nitrogens is 1. The number of ether oxygens (including phenoxy) is 3. The highest BCUT2D eigenvalue weighted by Crippen LogP contribution is 2.35. The molecule has 2 aromatic heterocycles. The number of nitrogens with two attached hydrogens (primary N) is 1. The Bertz CT molecular complexity index is 1420. The molecule has 5 N–H and O–H groups in total. The van der Waals surface area contributed by atoms with Gasteiger partial charge in [0.2, 0.25) is 0 Å². The highest BCUT2D eigenvalue weighted by molar-refractivity contribution is 5.95. The maximum atomic E-state index is 15.8. The van der Waals surface area contributed by atoms with Gasteiger partial charge in [-0.25, -0.2) is 14.2 Å². The number of amidine groups is 1. The second kappa shape index (κ2) is 11.3. The Balaban J connectivity index is 1.82. The largest absolute Gasteiger partial charge is 0.497 e. The molecule has 0 bridgehead atoms. The van der Waals surface area contributed by atoms with E-state index in [1.807, 2.05) is 0 Å². The molecule has 0 fully saturated rings. The van der Waals surface area contributed by atoms with E-state index in [1.54, 1.807) is 24.3 Å². The summed E-state index contributed by atoms with van der Waals surface area (Å²) in [5.41, 5.74) is 6.13. The predicted molar refractivity (Wildman–Crippen MR) is 133 cm³/mol. The summed E-state index contributed by atoms with van der Waals surface area (Å²) in [5, 5.41) is 15.1. The van der Waals surface area contributed by atoms with Crippen LogP contribution in [0, 0.1) is 11.2 Å². The zero-order chi connectivity index (χ0) is 26.4. The Morgan fingerprint density at radius 1 is 1.22 bits per heavy atom. The van der Waals surface area contributed by atoms with Gasteiger partial charge in [0.25, 0.3) is 0 Å². The SMILES string of the molecule is COCCOc1cc(OC)cc(C(Nc2ccc(C(=N)N)cc2)c2nn(-c3cnccn3)c(=O)[nH]2)c1F. The molecule has 0 aliphatic heterocycles. The second-order valence-electron chi connectivity index (χ2n) is 7.73. The van der Waals surface area contributed by atoms with Gasteiger partial charge in [0.1, 0.15) is 24.2 Å². The van der Waals surface area contributed by atoms with E-state index in [0.717, 1.165) is 4.68 Å². The summed E-state index contributed by atoms with van der Waals surface area (Å²) in [6.45, 7) is 0.370. The van der Waals surface area contributed by atoms with Gasteiger partial charge in [-0.3, -0.25) is 15.4 Å². The van der Waals surface area contributed by atoms with Gasteiger partial charge in [-0.2, -0.15) is 4.68 Å². The fraction of sp³-hybridized carbons (Fsp3) is 0.208. The molecular weight excluding hydrogens is 483 g/mol. The summed E-state index contributed by atoms with van der Waals surface area (Å²) >= 11 is 0. The van der Waals surface area contributed by atoms with E-state index in [2.05, 4.69) is 25.4 Å². The van der Waals surface area contributed by atoms with Crippen LogP contribution in [0.2, 0.25) is 0 Å². The number of aromatic amines is 1. The molecular formula is C24H25FN8O4. The van der Waals surface area contributed by atoms with Crippen molar-refractivity contribution in [1.29, 1.82) is 5.41 Å². The van der Waals surface area contributed by atoms with Crippen LogP contribution in [-0.2, 0) is 4.74 Å². The second-order valence-corrected chi connectivity index (χ2v) is 7.73. The summed E-state index contributed by atoms with van der Waals surface area (Å²) in [7, 11) is 2.96. The van der Waals surface area contributed by atoms with Crippen LogP contribution in [0.5, 0.6) is 11.5 Å². The van der Waals surface area contributed by atoms with Crippen molar-refractivity contribution in [2.75, 3.05) is 32.8 Å². The predicted octanol–water partition coefficient (Wildman–Crippen LogP) is 2.01. The van der Waals surface area contributed by atoms with Crippen molar-refractivity contribution in [3.63, 3.8) is 0 Å². The summed E-state index contributed by atoms with van der Waals surface area (Å²) < 4.78 is 32.8. The molecule has 4 aromatic rings. The molecule has 0 radical (unpaired) electrons. The number of benzene rings is 2. The Morgan fingerprint density at radius 2 is 2.00 bits per heavy atom. The molecule has 13 heteroatoms. The third-order valence-corrected chi connectivity index (χ3v) is 5.31. The summed E-state index contributed by atoms with van der Waals surface area (Å²) in [4.78, 5) is 23.5. The number of hydrogen-bond acceptors (Lipinski definition) is 9. The van der Waals surface area contributed by atoms with Crippen LogP contribution in [-0.4, -0.2) is 58.0 Å². The molecule has 0 saturated heterocycles. The van der Waals surface area contributed by atoms with E-state index in [0.29, 0.717) is 17.0 Å². The first kappa shape index (κ1) is 25.3. The average Bonchev–Trinajstić information content (AvgIpc) is 3.30. The van der Waals surface area contributed by atoms with Gasteiger partial charge in [-0.1, -0.05) is 0 Å². The third-order valence-electron chi connectivity index (χ3n) is 5.31. The van der Waals surface area contributed by atoms with Crippen molar-refractivity contribution in [3.05, 3.63) is 88.2 Å². The van der Waals surface area contributed by atoms with E-state index in [1.165, 1.54) is 44.9 Å². The molecule has 2 heterocycles. The number of rotatable bonds is 11. The number of nitrogens with zero attached hydrogens (tertiary/aromatic N) is 4. The Hall–Kier alpha value is -4.78. The number of nitrogens with one attached hydrogen (secondary N) is 3. The van der Waals surface area contributed by atoms with Crippen LogP contribution < -0.4 is 26.2 Å².